The molecule has 1 aromatic heterocycles. The minimum atomic E-state index is -0.0720. The summed E-state index contributed by atoms with van der Waals surface area (Å²) >= 11 is 0. The van der Waals surface area contributed by atoms with Crippen LogP contribution >= 0.6 is 0 Å². The summed E-state index contributed by atoms with van der Waals surface area (Å²) in [5, 5.41) is 0. The maximum atomic E-state index is 13.0. The van der Waals surface area contributed by atoms with Crippen molar-refractivity contribution in [1.82, 2.24) is 14.4 Å². The lowest BCUT2D eigenvalue weighted by Gasteiger charge is -2.32. The number of carbonyl (C=O) groups excluding carboxylic acids is 1. The molecule has 4 rings (SSSR count). The van der Waals surface area contributed by atoms with E-state index >= 15 is 0 Å². The number of pyridine rings is 1. The predicted molar refractivity (Wildman–Crippen MR) is 107 cm³/mol. The van der Waals surface area contributed by atoms with E-state index in [4.69, 9.17) is 14.2 Å². The largest absolute Gasteiger partial charge is 0.379 e. The van der Waals surface area contributed by atoms with Crippen molar-refractivity contribution in [3.63, 3.8) is 0 Å². The van der Waals surface area contributed by atoms with E-state index in [1.807, 2.05) is 11.0 Å². The van der Waals surface area contributed by atoms with E-state index in [9.17, 15) is 9.59 Å². The van der Waals surface area contributed by atoms with E-state index in [-0.39, 0.29) is 17.5 Å². The fraction of sp³-hybridized carbons (Fsp3) is 0.714. The summed E-state index contributed by atoms with van der Waals surface area (Å²) < 4.78 is 18.7. The molecule has 29 heavy (non-hydrogen) atoms. The fourth-order valence-electron chi connectivity index (χ4n) is 4.54. The summed E-state index contributed by atoms with van der Waals surface area (Å²) in [5.74, 6) is 0.772. The lowest BCUT2D eigenvalue weighted by molar-refractivity contribution is -0.134. The van der Waals surface area contributed by atoms with Gasteiger partial charge in [-0.25, -0.2) is 0 Å². The van der Waals surface area contributed by atoms with Crippen LogP contribution in [-0.4, -0.2) is 92.1 Å². The molecule has 160 valence electrons. The zero-order valence-corrected chi connectivity index (χ0v) is 16.9. The average Bonchev–Trinajstić information content (AvgIpc) is 3.13. The van der Waals surface area contributed by atoms with Crippen molar-refractivity contribution >= 4 is 5.91 Å². The molecule has 0 radical (unpaired) electrons. The second-order valence-electron chi connectivity index (χ2n) is 8.32. The number of ether oxygens (including phenoxy) is 3. The maximum absolute atomic E-state index is 13.0. The number of amides is 1. The molecule has 3 aliphatic heterocycles. The Morgan fingerprint density at radius 2 is 1.83 bits per heavy atom. The van der Waals surface area contributed by atoms with Gasteiger partial charge in [-0.2, -0.15) is 0 Å². The third kappa shape index (κ3) is 5.45. The average molecular weight is 405 g/mol. The lowest BCUT2D eigenvalue weighted by Crippen LogP contribution is -2.48. The first kappa shape index (κ1) is 20.5. The Labute approximate surface area is 171 Å². The second-order valence-corrected chi connectivity index (χ2v) is 8.32. The second kappa shape index (κ2) is 9.84. The van der Waals surface area contributed by atoms with E-state index in [1.54, 1.807) is 16.8 Å². The summed E-state index contributed by atoms with van der Waals surface area (Å²) in [6.45, 7) is 7.86. The highest BCUT2D eigenvalue weighted by atomic mass is 16.5. The Morgan fingerprint density at radius 1 is 1.00 bits per heavy atom. The molecule has 0 aromatic carbocycles. The molecule has 8 nitrogen and oxygen atoms in total. The Hall–Kier alpha value is -1.74. The molecular weight excluding hydrogens is 374 g/mol. The molecule has 0 N–H and O–H groups in total. The molecule has 3 aliphatic rings. The summed E-state index contributed by atoms with van der Waals surface area (Å²) in [7, 11) is 0. The zero-order valence-electron chi connectivity index (χ0n) is 16.9. The normalized spacial score (nSPS) is 26.7. The minimum absolute atomic E-state index is 0.0510. The summed E-state index contributed by atoms with van der Waals surface area (Å²) in [6.07, 6.45) is 2.07. The van der Waals surface area contributed by atoms with Gasteiger partial charge in [0.2, 0.25) is 5.91 Å². The number of nitrogens with zero attached hydrogens (tertiary/aromatic N) is 3. The monoisotopic (exact) mass is 405 g/mol. The van der Waals surface area contributed by atoms with E-state index in [0.29, 0.717) is 51.2 Å². The standard InChI is InChI=1S/C21H31N3O5/c25-20-3-1-2-5-23(20)6-4-21(26)24-11-17-9-22(12-19(24)16-29-13-17)10-18-14-27-7-8-28-15-18/h1-3,5,17-19H,4,6-16H2/t17-,19-/m0/s1. The molecular formula is C21H31N3O5. The van der Waals surface area contributed by atoms with Crippen LogP contribution in [0.3, 0.4) is 0 Å². The van der Waals surface area contributed by atoms with Crippen molar-refractivity contribution in [2.75, 3.05) is 65.8 Å². The highest BCUT2D eigenvalue weighted by Crippen LogP contribution is 2.22. The topological polar surface area (TPSA) is 73.2 Å². The Bertz CT molecular complexity index is 731. The number of aromatic nitrogens is 1. The molecule has 0 spiro atoms. The van der Waals surface area contributed by atoms with Crippen LogP contribution in [0.1, 0.15) is 6.42 Å². The van der Waals surface area contributed by atoms with Gasteiger partial charge in [0.05, 0.1) is 45.7 Å². The van der Waals surface area contributed by atoms with Gasteiger partial charge in [-0.3, -0.25) is 9.59 Å². The molecule has 0 unspecified atom stereocenters. The van der Waals surface area contributed by atoms with Gasteiger partial charge in [0.25, 0.3) is 5.56 Å². The van der Waals surface area contributed by atoms with Crippen LogP contribution in [-0.2, 0) is 25.5 Å². The Morgan fingerprint density at radius 3 is 2.62 bits per heavy atom. The zero-order chi connectivity index (χ0) is 20.1. The van der Waals surface area contributed by atoms with E-state index in [1.165, 1.54) is 6.07 Å². The van der Waals surface area contributed by atoms with Gasteiger partial charge >= 0.3 is 0 Å². The van der Waals surface area contributed by atoms with Gasteiger partial charge in [0, 0.05) is 63.2 Å². The first-order chi connectivity index (χ1) is 14.2. The number of carbonyl (C=O) groups is 1. The van der Waals surface area contributed by atoms with Gasteiger partial charge in [0.15, 0.2) is 0 Å². The van der Waals surface area contributed by atoms with E-state index < -0.39 is 0 Å². The predicted octanol–water partition coefficient (Wildman–Crippen LogP) is 0.0606. The number of aryl methyl sites for hydroxylation is 1. The van der Waals surface area contributed by atoms with E-state index in [2.05, 4.69) is 4.90 Å². The van der Waals surface area contributed by atoms with Gasteiger partial charge < -0.3 is 28.6 Å². The summed E-state index contributed by atoms with van der Waals surface area (Å²) in [6, 6.07) is 5.11. The van der Waals surface area contributed by atoms with Crippen molar-refractivity contribution in [3.05, 3.63) is 34.7 Å². The van der Waals surface area contributed by atoms with Crippen LogP contribution in [0.5, 0.6) is 0 Å². The molecule has 2 atom stereocenters. The molecule has 0 saturated carbocycles. The van der Waals surface area contributed by atoms with Crippen molar-refractivity contribution in [3.8, 4) is 0 Å². The molecule has 4 heterocycles. The highest BCUT2D eigenvalue weighted by Gasteiger charge is 2.36. The summed E-state index contributed by atoms with van der Waals surface area (Å²) in [5.41, 5.74) is -0.0720. The molecule has 8 heteroatoms. The van der Waals surface area contributed by atoms with Gasteiger partial charge in [-0.1, -0.05) is 6.07 Å². The smallest absolute Gasteiger partial charge is 0.250 e. The van der Waals surface area contributed by atoms with E-state index in [0.717, 1.165) is 39.4 Å². The van der Waals surface area contributed by atoms with Crippen LogP contribution in [0, 0.1) is 11.8 Å². The van der Waals surface area contributed by atoms with Crippen LogP contribution in [0.15, 0.2) is 29.2 Å². The minimum Gasteiger partial charge on any atom is -0.379 e. The van der Waals surface area contributed by atoms with Crippen LogP contribution in [0.2, 0.25) is 0 Å². The quantitative estimate of drug-likeness (QED) is 0.690. The van der Waals surface area contributed by atoms with Crippen molar-refractivity contribution in [2.24, 2.45) is 11.8 Å². The summed E-state index contributed by atoms with van der Waals surface area (Å²) in [4.78, 5) is 29.4. The van der Waals surface area contributed by atoms with Crippen LogP contribution < -0.4 is 5.56 Å². The van der Waals surface area contributed by atoms with Crippen molar-refractivity contribution in [2.45, 2.75) is 19.0 Å². The number of hydrogen-bond donors (Lipinski definition) is 0. The number of hydrogen-bond acceptors (Lipinski definition) is 6. The van der Waals surface area contributed by atoms with Gasteiger partial charge in [-0.15, -0.1) is 0 Å². The lowest BCUT2D eigenvalue weighted by atomic mass is 10.1. The third-order valence-corrected chi connectivity index (χ3v) is 5.93. The number of fused-ring (bicyclic) bond motifs is 3. The maximum Gasteiger partial charge on any atom is 0.250 e. The molecule has 0 aliphatic carbocycles. The Balaban J connectivity index is 1.37. The Kier molecular flexibility index (Phi) is 6.97. The molecule has 2 bridgehead atoms. The first-order valence-electron chi connectivity index (χ1n) is 10.6. The molecule has 1 aromatic rings. The molecule has 3 saturated heterocycles. The third-order valence-electron chi connectivity index (χ3n) is 5.93. The van der Waals surface area contributed by atoms with Gasteiger partial charge in [-0.05, 0) is 6.07 Å². The van der Waals surface area contributed by atoms with Crippen molar-refractivity contribution < 1.29 is 19.0 Å². The fourth-order valence-corrected chi connectivity index (χ4v) is 4.54. The van der Waals surface area contributed by atoms with Gasteiger partial charge in [0.1, 0.15) is 0 Å². The molecule has 1 amide bonds. The highest BCUT2D eigenvalue weighted by molar-refractivity contribution is 5.76. The first-order valence-corrected chi connectivity index (χ1v) is 10.6. The van der Waals surface area contributed by atoms with Crippen LogP contribution in [0.4, 0.5) is 0 Å². The molecule has 3 fully saturated rings. The number of rotatable bonds is 5. The van der Waals surface area contributed by atoms with Crippen molar-refractivity contribution in [1.29, 1.82) is 0 Å². The van der Waals surface area contributed by atoms with Crippen LogP contribution in [0.25, 0.3) is 0 Å². The SMILES string of the molecule is O=C(CCn1ccccc1=O)N1C[C@H]2COC[C@@H]1CN(CC1COCCOC1)C2.